The summed E-state index contributed by atoms with van der Waals surface area (Å²) in [5, 5.41) is 19.4. The van der Waals surface area contributed by atoms with Gasteiger partial charge < -0.3 is 26.0 Å². The molecule has 49 heavy (non-hydrogen) atoms. The van der Waals surface area contributed by atoms with Crippen LogP contribution in [0.2, 0.25) is 0 Å². The van der Waals surface area contributed by atoms with E-state index < -0.39 is 16.5 Å². The molecule has 0 aromatic heterocycles. The monoisotopic (exact) mass is 714 g/mol. The van der Waals surface area contributed by atoms with Crippen molar-refractivity contribution in [1.29, 1.82) is 0 Å². The molecule has 0 heterocycles. The van der Waals surface area contributed by atoms with E-state index in [2.05, 4.69) is 45.5 Å². The molecule has 4 aliphatic rings. The van der Waals surface area contributed by atoms with Crippen LogP contribution in [0.1, 0.15) is 125 Å². The zero-order valence-corrected chi connectivity index (χ0v) is 33.3. The molecular weight excluding hydrogens is 637 g/mol. The Morgan fingerprint density at radius 3 is 2.24 bits per heavy atom. The lowest BCUT2D eigenvalue weighted by atomic mass is 9.43. The summed E-state index contributed by atoms with van der Waals surface area (Å²) in [6.07, 6.45) is 15.1. The van der Waals surface area contributed by atoms with Crippen molar-refractivity contribution in [2.45, 2.75) is 143 Å². The molecule has 0 saturated heterocycles. The molecule has 0 aromatic carbocycles. The summed E-state index contributed by atoms with van der Waals surface area (Å²) in [4.78, 5) is 0. The number of nitrogens with zero attached hydrogens (tertiary/aromatic N) is 1. The SMILES string of the molecule is CC(CC[C@@H](OS(=O)(=O)O)C(C)C)[C@H]1CCC2C3C(CC[C@@]21C)[C@@]1(C)CC[C@H](NCCCNCCCC[N+](C)(C)CCCN)C[C@@H]1C[C@H]3O. The van der Waals surface area contributed by atoms with Crippen molar-refractivity contribution in [2.75, 3.05) is 53.4 Å². The number of hydrogen-bond acceptors (Lipinski definition) is 7. The van der Waals surface area contributed by atoms with E-state index in [1.807, 2.05) is 13.8 Å². The van der Waals surface area contributed by atoms with Crippen molar-refractivity contribution in [3.63, 3.8) is 0 Å². The number of fused-ring (bicyclic) bond motifs is 5. The van der Waals surface area contributed by atoms with Crippen LogP contribution in [0.25, 0.3) is 0 Å². The molecule has 0 radical (unpaired) electrons. The number of nitrogens with two attached hydrogens (primary N) is 1. The van der Waals surface area contributed by atoms with Gasteiger partial charge in [0.25, 0.3) is 0 Å². The highest BCUT2D eigenvalue weighted by Crippen LogP contribution is 2.68. The Balaban J connectivity index is 1.21. The Kier molecular flexibility index (Phi) is 14.9. The van der Waals surface area contributed by atoms with Crippen molar-refractivity contribution in [3.05, 3.63) is 0 Å². The molecule has 9 nitrogen and oxygen atoms in total. The van der Waals surface area contributed by atoms with E-state index in [4.69, 9.17) is 9.92 Å². The summed E-state index contributed by atoms with van der Waals surface area (Å²) in [6.45, 7) is 17.7. The third-order valence-corrected chi connectivity index (χ3v) is 15.1. The van der Waals surface area contributed by atoms with Crippen LogP contribution < -0.4 is 16.4 Å². The molecule has 4 unspecified atom stereocenters. The number of aliphatic hydroxyl groups is 1. The van der Waals surface area contributed by atoms with Crippen LogP contribution in [0.15, 0.2) is 0 Å². The predicted octanol–water partition coefficient (Wildman–Crippen LogP) is 6.02. The van der Waals surface area contributed by atoms with E-state index in [-0.39, 0.29) is 17.4 Å². The third kappa shape index (κ3) is 10.6. The Morgan fingerprint density at radius 2 is 1.55 bits per heavy atom. The van der Waals surface area contributed by atoms with Crippen LogP contribution in [0.4, 0.5) is 0 Å². The minimum Gasteiger partial charge on any atom is -0.393 e. The van der Waals surface area contributed by atoms with Gasteiger partial charge in [-0.15, -0.1) is 0 Å². The van der Waals surface area contributed by atoms with Crippen LogP contribution in [-0.2, 0) is 14.6 Å². The fraction of sp³-hybridized carbons (Fsp3) is 1.00. The maximum atomic E-state index is 11.9. The molecule has 4 rings (SSSR count). The van der Waals surface area contributed by atoms with Crippen molar-refractivity contribution in [1.82, 2.24) is 10.6 Å². The Hall–Kier alpha value is -0.330. The van der Waals surface area contributed by atoms with Gasteiger partial charge >= 0.3 is 10.4 Å². The van der Waals surface area contributed by atoms with E-state index in [0.717, 1.165) is 56.3 Å². The summed E-state index contributed by atoms with van der Waals surface area (Å²) < 4.78 is 38.3. The fourth-order valence-corrected chi connectivity index (χ4v) is 12.4. The summed E-state index contributed by atoms with van der Waals surface area (Å²) in [6, 6.07) is 0.570. The van der Waals surface area contributed by atoms with E-state index in [1.165, 1.54) is 70.9 Å². The second-order valence-corrected chi connectivity index (χ2v) is 19.7. The Labute approximate surface area is 301 Å². The minimum absolute atomic E-state index is 0.0133. The maximum Gasteiger partial charge on any atom is 0.397 e. The zero-order chi connectivity index (χ0) is 36.0. The molecule has 4 fully saturated rings. The van der Waals surface area contributed by atoms with Gasteiger partial charge in [-0.25, -0.2) is 4.18 Å². The van der Waals surface area contributed by atoms with Gasteiger partial charge in [0.15, 0.2) is 0 Å². The first-order valence-corrected chi connectivity index (χ1v) is 21.7. The molecule has 4 saturated carbocycles. The number of unbranched alkanes of at least 4 members (excludes halogenated alkanes) is 1. The van der Waals surface area contributed by atoms with Crippen molar-refractivity contribution >= 4 is 10.4 Å². The van der Waals surface area contributed by atoms with Gasteiger partial charge in [0.05, 0.1) is 39.4 Å². The first kappa shape index (κ1) is 41.4. The molecule has 0 aliphatic heterocycles. The van der Waals surface area contributed by atoms with Gasteiger partial charge in [0.2, 0.25) is 0 Å². The quantitative estimate of drug-likeness (QED) is 0.0588. The normalized spacial score (nSPS) is 36.3. The number of aliphatic hydroxyl groups excluding tert-OH is 1. The second kappa shape index (κ2) is 17.7. The minimum atomic E-state index is -4.46. The number of hydrogen-bond donors (Lipinski definition) is 5. The van der Waals surface area contributed by atoms with Gasteiger partial charge in [-0.05, 0) is 162 Å². The highest BCUT2D eigenvalue weighted by Gasteiger charge is 2.62. The van der Waals surface area contributed by atoms with E-state index in [1.54, 1.807) is 0 Å². The number of quaternary nitrogens is 1. The largest absolute Gasteiger partial charge is 0.397 e. The zero-order valence-electron chi connectivity index (χ0n) is 32.5. The van der Waals surface area contributed by atoms with Crippen LogP contribution in [-0.4, -0.2) is 94.2 Å². The molecule has 0 amide bonds. The topological polar surface area (TPSA) is 134 Å². The Morgan fingerprint density at radius 1 is 0.878 bits per heavy atom. The summed E-state index contributed by atoms with van der Waals surface area (Å²) >= 11 is 0. The van der Waals surface area contributed by atoms with Gasteiger partial charge in [0, 0.05) is 12.5 Å². The van der Waals surface area contributed by atoms with Crippen LogP contribution in [0.5, 0.6) is 0 Å². The average molecular weight is 714 g/mol. The van der Waals surface area contributed by atoms with Crippen molar-refractivity contribution < 1.29 is 26.7 Å². The molecule has 0 aromatic rings. The number of nitrogens with one attached hydrogen (secondary N) is 2. The fourth-order valence-electron chi connectivity index (χ4n) is 11.7. The lowest BCUT2D eigenvalue weighted by molar-refractivity contribution is -0.890. The van der Waals surface area contributed by atoms with Crippen molar-refractivity contribution in [2.24, 2.45) is 58.0 Å². The van der Waals surface area contributed by atoms with Crippen LogP contribution in [0, 0.1) is 52.3 Å². The van der Waals surface area contributed by atoms with E-state index >= 15 is 0 Å². The maximum absolute atomic E-state index is 11.9. The molecule has 0 spiro atoms. The van der Waals surface area contributed by atoms with Gasteiger partial charge in [-0.2, -0.15) is 8.42 Å². The van der Waals surface area contributed by atoms with E-state index in [9.17, 15) is 18.1 Å². The summed E-state index contributed by atoms with van der Waals surface area (Å²) in [5.74, 6) is 3.19. The number of rotatable bonds is 20. The average Bonchev–Trinajstić information content (AvgIpc) is 3.38. The van der Waals surface area contributed by atoms with Crippen molar-refractivity contribution in [3.8, 4) is 0 Å². The lowest BCUT2D eigenvalue weighted by Gasteiger charge is -2.62. The second-order valence-electron chi connectivity index (χ2n) is 18.6. The summed E-state index contributed by atoms with van der Waals surface area (Å²) in [7, 11) is 0.170. The standard InChI is InChI=1S/C39H76N4O5S/c1-28(2)36(48-49(45,46)47)15-12-29(3)32-13-14-33-37-34(17-19-39(32,33)5)38(4)18-16-31(26-30(38)27-35(37)44)42-23-11-22-41-21-8-9-24-43(6,7)25-10-20-40/h28-37,41-42,44H,8-27,40H2,1-7H3/p+1/t29?,30-,31+,32-,33?,34?,35-,36-,37?,38+,39-/m1/s1. The van der Waals surface area contributed by atoms with Gasteiger partial charge in [-0.1, -0.05) is 34.6 Å². The molecule has 6 N–H and O–H groups in total. The first-order valence-electron chi connectivity index (χ1n) is 20.3. The molecule has 0 bridgehead atoms. The molecular formula is C39H77N4O5S+. The van der Waals surface area contributed by atoms with E-state index in [0.29, 0.717) is 53.4 Å². The molecule has 4 aliphatic carbocycles. The van der Waals surface area contributed by atoms with Crippen LogP contribution in [0.3, 0.4) is 0 Å². The highest BCUT2D eigenvalue weighted by molar-refractivity contribution is 7.80. The molecule has 288 valence electrons. The smallest absolute Gasteiger partial charge is 0.393 e. The first-order chi connectivity index (χ1) is 23.0. The van der Waals surface area contributed by atoms with Crippen LogP contribution >= 0.6 is 0 Å². The molecule has 10 heteroatoms. The Bertz CT molecular complexity index is 1120. The van der Waals surface area contributed by atoms with Gasteiger partial charge in [-0.3, -0.25) is 4.55 Å². The highest BCUT2D eigenvalue weighted by atomic mass is 32.3. The lowest BCUT2D eigenvalue weighted by Crippen LogP contribution is -2.59. The predicted molar refractivity (Wildman–Crippen MR) is 200 cm³/mol. The molecule has 11 atom stereocenters. The van der Waals surface area contributed by atoms with Gasteiger partial charge in [0.1, 0.15) is 0 Å². The summed E-state index contributed by atoms with van der Waals surface area (Å²) in [5.41, 5.74) is 6.23. The third-order valence-electron chi connectivity index (χ3n) is 14.6.